The average molecular weight is 241 g/mol. The van der Waals surface area contributed by atoms with Crippen LogP contribution in [0.2, 0.25) is 0 Å². The van der Waals surface area contributed by atoms with E-state index in [0.29, 0.717) is 0 Å². The van der Waals surface area contributed by atoms with E-state index in [1.807, 2.05) is 17.5 Å². The molecule has 0 fully saturated rings. The van der Waals surface area contributed by atoms with E-state index in [2.05, 4.69) is 11.9 Å². The minimum atomic E-state index is 0.738. The number of rotatable bonds is 9. The third-order valence-electron chi connectivity index (χ3n) is 2.10. The van der Waals surface area contributed by atoms with E-state index >= 15 is 0 Å². The van der Waals surface area contributed by atoms with Gasteiger partial charge in [-0.25, -0.2) is 0 Å². The van der Waals surface area contributed by atoms with Crippen LogP contribution in [-0.2, 0) is 11.3 Å². The van der Waals surface area contributed by atoms with Crippen LogP contribution in [0.25, 0.3) is 0 Å². The van der Waals surface area contributed by atoms with Crippen molar-refractivity contribution in [3.63, 3.8) is 0 Å². The van der Waals surface area contributed by atoms with Crippen molar-refractivity contribution in [3.05, 3.63) is 29.0 Å². The number of nitrogens with one attached hydrogen (secondary N) is 1. The Morgan fingerprint density at radius 2 is 2.38 bits per heavy atom. The topological polar surface area (TPSA) is 30.5 Å². The van der Waals surface area contributed by atoms with Gasteiger partial charge in [0.05, 0.1) is 25.2 Å². The smallest absolute Gasteiger partial charge is 0.134 e. The lowest BCUT2D eigenvalue weighted by Crippen LogP contribution is -2.19. The van der Waals surface area contributed by atoms with Crippen molar-refractivity contribution in [1.82, 2.24) is 5.32 Å². The van der Waals surface area contributed by atoms with Crippen LogP contribution in [0.1, 0.15) is 11.3 Å². The van der Waals surface area contributed by atoms with Gasteiger partial charge >= 0.3 is 0 Å². The van der Waals surface area contributed by atoms with Crippen molar-refractivity contribution in [2.75, 3.05) is 26.9 Å². The number of hydrogen-bond donors (Lipinski definition) is 1. The summed E-state index contributed by atoms with van der Waals surface area (Å²) in [5.74, 6) is 0.963. The van der Waals surface area contributed by atoms with E-state index in [0.717, 1.165) is 38.5 Å². The van der Waals surface area contributed by atoms with Gasteiger partial charge < -0.3 is 14.8 Å². The fourth-order valence-electron chi connectivity index (χ4n) is 1.25. The molecule has 1 aromatic rings. The maximum absolute atomic E-state index is 5.39. The SMILES string of the molecule is C=CCCOCCNCc1sccc1OC. The second kappa shape index (κ2) is 8.33. The summed E-state index contributed by atoms with van der Waals surface area (Å²) >= 11 is 1.70. The molecule has 0 aromatic carbocycles. The molecular weight excluding hydrogens is 222 g/mol. The van der Waals surface area contributed by atoms with Crippen LogP contribution < -0.4 is 10.1 Å². The summed E-state index contributed by atoms with van der Waals surface area (Å²) in [7, 11) is 1.70. The molecule has 16 heavy (non-hydrogen) atoms. The van der Waals surface area contributed by atoms with Crippen molar-refractivity contribution < 1.29 is 9.47 Å². The molecule has 0 saturated carbocycles. The zero-order chi connectivity index (χ0) is 11.6. The molecule has 1 aromatic heterocycles. The van der Waals surface area contributed by atoms with Crippen LogP contribution in [0.4, 0.5) is 0 Å². The van der Waals surface area contributed by atoms with Crippen LogP contribution >= 0.6 is 11.3 Å². The maximum atomic E-state index is 5.39. The van der Waals surface area contributed by atoms with Gasteiger partial charge in [-0.3, -0.25) is 0 Å². The molecule has 0 unspecified atom stereocenters. The second-order valence-electron chi connectivity index (χ2n) is 3.28. The lowest BCUT2D eigenvalue weighted by Gasteiger charge is -2.05. The molecule has 4 heteroatoms. The lowest BCUT2D eigenvalue weighted by molar-refractivity contribution is 0.140. The molecule has 3 nitrogen and oxygen atoms in total. The second-order valence-corrected chi connectivity index (χ2v) is 4.28. The number of hydrogen-bond acceptors (Lipinski definition) is 4. The van der Waals surface area contributed by atoms with E-state index in [4.69, 9.17) is 9.47 Å². The highest BCUT2D eigenvalue weighted by molar-refractivity contribution is 7.10. The minimum Gasteiger partial charge on any atom is -0.496 e. The third-order valence-corrected chi connectivity index (χ3v) is 3.00. The quantitative estimate of drug-likeness (QED) is 0.532. The van der Waals surface area contributed by atoms with Gasteiger partial charge in [-0.1, -0.05) is 6.08 Å². The van der Waals surface area contributed by atoms with Gasteiger partial charge in [0.1, 0.15) is 5.75 Å². The summed E-state index contributed by atoms with van der Waals surface area (Å²) in [5.41, 5.74) is 0. The normalized spacial score (nSPS) is 10.3. The van der Waals surface area contributed by atoms with Crippen molar-refractivity contribution in [1.29, 1.82) is 0 Å². The van der Waals surface area contributed by atoms with Gasteiger partial charge in [-0.15, -0.1) is 17.9 Å². The average Bonchev–Trinajstić information content (AvgIpc) is 2.75. The molecule has 0 saturated heterocycles. The fraction of sp³-hybridized carbons (Fsp3) is 0.500. The minimum absolute atomic E-state index is 0.738. The van der Waals surface area contributed by atoms with Crippen LogP contribution in [-0.4, -0.2) is 26.9 Å². The van der Waals surface area contributed by atoms with Crippen LogP contribution in [0.15, 0.2) is 24.1 Å². The largest absolute Gasteiger partial charge is 0.496 e. The fourth-order valence-corrected chi connectivity index (χ4v) is 2.06. The Balaban J connectivity index is 2.05. The molecule has 1 rings (SSSR count). The van der Waals surface area contributed by atoms with Crippen LogP contribution in [0.3, 0.4) is 0 Å². The maximum Gasteiger partial charge on any atom is 0.134 e. The highest BCUT2D eigenvalue weighted by Crippen LogP contribution is 2.23. The van der Waals surface area contributed by atoms with E-state index in [9.17, 15) is 0 Å². The summed E-state index contributed by atoms with van der Waals surface area (Å²) in [4.78, 5) is 1.23. The van der Waals surface area contributed by atoms with Gasteiger partial charge in [-0.05, 0) is 17.9 Å². The molecule has 0 aliphatic carbocycles. The summed E-state index contributed by atoms with van der Waals surface area (Å²) in [6.07, 6.45) is 2.78. The summed E-state index contributed by atoms with van der Waals surface area (Å²) in [5, 5.41) is 5.36. The Labute approximate surface area is 101 Å². The molecule has 90 valence electrons. The van der Waals surface area contributed by atoms with Crippen molar-refractivity contribution in [2.45, 2.75) is 13.0 Å². The van der Waals surface area contributed by atoms with E-state index in [-0.39, 0.29) is 0 Å². The van der Waals surface area contributed by atoms with Crippen molar-refractivity contribution in [3.8, 4) is 5.75 Å². The molecule has 0 spiro atoms. The van der Waals surface area contributed by atoms with E-state index in [1.165, 1.54) is 4.88 Å². The zero-order valence-corrected chi connectivity index (χ0v) is 10.5. The predicted octanol–water partition coefficient (Wildman–Crippen LogP) is 2.44. The molecule has 1 heterocycles. The first-order chi connectivity index (χ1) is 7.88. The number of thiophene rings is 1. The Hall–Kier alpha value is -0.840. The number of methoxy groups -OCH3 is 1. The zero-order valence-electron chi connectivity index (χ0n) is 9.70. The van der Waals surface area contributed by atoms with Gasteiger partial charge in [0.25, 0.3) is 0 Å². The summed E-state index contributed by atoms with van der Waals surface area (Å²) < 4.78 is 10.6. The molecule has 0 aliphatic rings. The van der Waals surface area contributed by atoms with Gasteiger partial charge in [0, 0.05) is 13.1 Å². The monoisotopic (exact) mass is 241 g/mol. The van der Waals surface area contributed by atoms with E-state index in [1.54, 1.807) is 18.4 Å². The van der Waals surface area contributed by atoms with Crippen molar-refractivity contribution >= 4 is 11.3 Å². The first kappa shape index (κ1) is 13.2. The standard InChI is InChI=1S/C12H19NO2S/c1-3-4-7-15-8-6-13-10-12-11(14-2)5-9-16-12/h3,5,9,13H,1,4,6-8,10H2,2H3. The molecule has 0 aliphatic heterocycles. The lowest BCUT2D eigenvalue weighted by atomic mass is 10.4. The third kappa shape index (κ3) is 4.79. The number of ether oxygens (including phenoxy) is 2. The van der Waals surface area contributed by atoms with Gasteiger partial charge in [0.2, 0.25) is 0 Å². The molecule has 0 atom stereocenters. The van der Waals surface area contributed by atoms with Gasteiger partial charge in [-0.2, -0.15) is 0 Å². The Morgan fingerprint density at radius 3 is 3.12 bits per heavy atom. The molecule has 1 N–H and O–H groups in total. The summed E-state index contributed by atoms with van der Waals surface area (Å²) in [6.45, 7) is 6.83. The predicted molar refractivity (Wildman–Crippen MR) is 68.2 cm³/mol. The molecular formula is C12H19NO2S. The highest BCUT2D eigenvalue weighted by Gasteiger charge is 2.02. The van der Waals surface area contributed by atoms with Crippen molar-refractivity contribution in [2.24, 2.45) is 0 Å². The molecule has 0 radical (unpaired) electrons. The Kier molecular flexibility index (Phi) is 6.88. The van der Waals surface area contributed by atoms with Gasteiger partial charge in [0.15, 0.2) is 0 Å². The highest BCUT2D eigenvalue weighted by atomic mass is 32.1. The van der Waals surface area contributed by atoms with Crippen LogP contribution in [0.5, 0.6) is 5.75 Å². The molecule has 0 bridgehead atoms. The molecule has 0 amide bonds. The van der Waals surface area contributed by atoms with E-state index < -0.39 is 0 Å². The van der Waals surface area contributed by atoms with Crippen LogP contribution in [0, 0.1) is 0 Å². The summed E-state index contributed by atoms with van der Waals surface area (Å²) in [6, 6.07) is 1.99. The Morgan fingerprint density at radius 1 is 1.50 bits per heavy atom. The first-order valence-corrected chi connectivity index (χ1v) is 6.26. The first-order valence-electron chi connectivity index (χ1n) is 5.38. The Bertz CT molecular complexity index is 299.